The Labute approximate surface area is 875 Å². The molecule has 0 fully saturated rings. The molecule has 0 saturated heterocycles. The first-order valence-corrected chi connectivity index (χ1v) is 49.2. The van der Waals surface area contributed by atoms with E-state index in [1.807, 2.05) is 23.2 Å². The fourth-order valence-corrected chi connectivity index (χ4v) is 20.9. The standard InChI is InChI=1S/C132H111N11.Ni.Zn/c1-22-89-31-39-96(40-32-89)123-103-47-55-111(133-103)127(119-81(8)63-77(4)64-82(119)9)113-57-49-105(135-113)124(106-50-58-114(136-106)128(112-56-48-104(123)134-112)120-83(10)65-78(5)66-84(120)11)97-41-33-90(34-42-97)25-28-93-71-94(73-100(72-93)131(16,17)18)29-26-91-35-43-98(44-36-91)125-107-51-59-115(137-107)129(121-85(12)67-79(6)68-86(121)13)117-61-53-109(139-117)126(110-54-62-118(140-110)130(116-60-52-108(125)138-116)122-87(14)69-80(7)70-88(122)15)99-45-37-92(38-46-99)27-30-95-74-101(132(19,20)21)76-102(75-95)141-142-143(23-2)24-3;;/h1,31-76H,23-24H2,2-21H3;;/q-4;2*+2. The Bertz CT molecular complexity index is 8570. The Morgan fingerprint density at radius 2 is 0.476 bits per heavy atom. The van der Waals surface area contributed by atoms with Crippen LogP contribution >= 0.6 is 0 Å². The van der Waals surface area contributed by atoms with Gasteiger partial charge in [-0.3, -0.25) is 5.01 Å². The molecule has 13 heteroatoms. The third-order valence-electron chi connectivity index (χ3n) is 27.4. The summed E-state index contributed by atoms with van der Waals surface area (Å²) in [5, 5.41) is 11.2. The van der Waals surface area contributed by atoms with Crippen molar-refractivity contribution in [2.24, 2.45) is 10.3 Å². The number of aromatic nitrogens is 8. The molecule has 10 aromatic carbocycles. The number of terminal acetylenes is 1. The Morgan fingerprint density at radius 3 is 0.710 bits per heavy atom. The van der Waals surface area contributed by atoms with Gasteiger partial charge in [0, 0.05) is 52.0 Å². The minimum Gasteiger partial charge on any atom is -0.657 e. The number of hydrogen-bond donors (Lipinski definition) is 0. The van der Waals surface area contributed by atoms with Gasteiger partial charge in [0.2, 0.25) is 0 Å². The first-order chi connectivity index (χ1) is 68.8. The normalized spacial score (nSPS) is 11.9. The molecule has 0 spiro atoms. The van der Waals surface area contributed by atoms with Crippen LogP contribution in [-0.2, 0) is 46.8 Å². The van der Waals surface area contributed by atoms with Crippen LogP contribution in [0.5, 0.6) is 0 Å². The molecule has 10 heterocycles. The van der Waals surface area contributed by atoms with Gasteiger partial charge in [-0.25, -0.2) is 19.9 Å². The Morgan fingerprint density at radius 1 is 0.262 bits per heavy atom. The predicted octanol–water partition coefficient (Wildman–Crippen LogP) is 31.3. The quantitative estimate of drug-likeness (QED) is 0.0507. The van der Waals surface area contributed by atoms with Crippen molar-refractivity contribution in [3.8, 4) is 137 Å². The molecule has 0 N–H and O–H groups in total. The molecule has 11 nitrogen and oxygen atoms in total. The Kier molecular flexibility index (Phi) is 27.7. The van der Waals surface area contributed by atoms with Crippen LogP contribution in [0, 0.1) is 131 Å². The van der Waals surface area contributed by atoms with Gasteiger partial charge >= 0.3 is 36.0 Å². The van der Waals surface area contributed by atoms with Crippen molar-refractivity contribution in [3.05, 3.63) is 393 Å². The zero-order valence-corrected chi connectivity index (χ0v) is 89.9. The van der Waals surface area contributed by atoms with Gasteiger partial charge in [0.1, 0.15) is 0 Å². The van der Waals surface area contributed by atoms with Gasteiger partial charge in [0.25, 0.3) is 0 Å². The maximum Gasteiger partial charge on any atom is 2.00 e. The van der Waals surface area contributed by atoms with Gasteiger partial charge in [-0.2, -0.15) is 0 Å². The van der Waals surface area contributed by atoms with E-state index in [2.05, 4.69) is 451 Å². The zero-order valence-electron chi connectivity index (χ0n) is 86.0. The summed E-state index contributed by atoms with van der Waals surface area (Å²) in [6.45, 7) is 45.1. The fraction of sp³-hybridized carbons (Fsp3) is 0.182. The van der Waals surface area contributed by atoms with Crippen molar-refractivity contribution >= 4 is 98.4 Å². The van der Waals surface area contributed by atoms with Gasteiger partial charge < -0.3 is 19.9 Å². The van der Waals surface area contributed by atoms with Crippen LogP contribution in [0.4, 0.5) is 5.69 Å². The summed E-state index contributed by atoms with van der Waals surface area (Å²) in [5.41, 5.74) is 50.5. The SMILES string of the molecule is C#Cc1ccc(-c2c3nc(c(-c4c(C)cc(C)cc4C)c4ccc([n-]4)c(-c4ccc(C#Cc5cc(C#Cc6ccc(-c7c8nc(c(-c9c(C)cc(C)cc9C)c9ccc([n-]9)c(-c9ccc(C#Cc%10cc(N=NN(CC)CC)cc(C(C)(C)C)c%10)cc9)c9nc(c(-c%10c(C)cc(C)cc%10C)c%10ccc7[n-]%10)C=C9)C=C8)cc6)cc(C(C)(C)C)c5)cc4)c4nc(c(-c5c(C)cc(C)cc5C)c5ccc2[n-]5)C=C4)C=C3)cc1.[Ni+2].[Zn+2]. The van der Waals surface area contributed by atoms with E-state index in [9.17, 15) is 0 Å². The molecule has 16 aromatic rings. The van der Waals surface area contributed by atoms with Crippen LogP contribution in [0.25, 0.3) is 182 Å². The molecule has 6 aromatic heterocycles. The van der Waals surface area contributed by atoms with Crippen molar-refractivity contribution < 1.29 is 36.0 Å². The second-order valence-electron chi connectivity index (χ2n) is 40.4. The molecule has 0 amide bonds. The number of nitrogens with zero attached hydrogens (tertiary/aromatic N) is 11. The molecule has 4 aliphatic rings. The van der Waals surface area contributed by atoms with Crippen molar-refractivity contribution in [2.75, 3.05) is 13.1 Å². The molecule has 20 rings (SSSR count). The fourth-order valence-electron chi connectivity index (χ4n) is 20.9. The predicted molar refractivity (Wildman–Crippen MR) is 598 cm³/mol. The summed E-state index contributed by atoms with van der Waals surface area (Å²) in [5.74, 6) is 24.2. The topological polar surface area (TPSA) is 136 Å². The first kappa shape index (κ1) is 99.3. The van der Waals surface area contributed by atoms with Gasteiger partial charge in [0.15, 0.2) is 0 Å². The third kappa shape index (κ3) is 20.2. The molecule has 16 bridgehead atoms. The molecule has 4 aliphatic heterocycles. The number of hydrogen-bond acceptors (Lipinski definition) is 6. The van der Waals surface area contributed by atoms with E-state index in [4.69, 9.17) is 46.3 Å². The molecule has 0 radical (unpaired) electrons. The summed E-state index contributed by atoms with van der Waals surface area (Å²) in [4.78, 5) is 45.5. The summed E-state index contributed by atoms with van der Waals surface area (Å²) in [6.07, 6.45) is 23.0. The average Bonchev–Trinajstić information content (AvgIpc) is 1.60. The largest absolute Gasteiger partial charge is 2.00 e. The Balaban J connectivity index is 0.00000691. The second kappa shape index (κ2) is 40.5. The van der Waals surface area contributed by atoms with Crippen LogP contribution in [0.15, 0.2) is 241 Å². The average molecular weight is 1980 g/mol. The first-order valence-electron chi connectivity index (χ1n) is 49.2. The maximum atomic E-state index is 5.95. The summed E-state index contributed by atoms with van der Waals surface area (Å²) in [6, 6.07) is 81.5. The number of fused-ring (bicyclic) bond motifs is 16. The summed E-state index contributed by atoms with van der Waals surface area (Å²) >= 11 is 0. The van der Waals surface area contributed by atoms with Crippen LogP contribution < -0.4 is 19.9 Å². The molecule has 0 aliphatic carbocycles. The van der Waals surface area contributed by atoms with Gasteiger partial charge in [-0.15, -0.1) is 55.7 Å². The molecule has 0 unspecified atom stereocenters. The number of benzene rings is 10. The van der Waals surface area contributed by atoms with E-state index in [0.717, 1.165) is 292 Å². The van der Waals surface area contributed by atoms with Crippen molar-refractivity contribution in [3.63, 3.8) is 0 Å². The molecule has 0 saturated carbocycles. The second-order valence-corrected chi connectivity index (χ2v) is 40.4. The monoisotopic (exact) mass is 1970 g/mol. The smallest absolute Gasteiger partial charge is 0.657 e. The molecule has 145 heavy (non-hydrogen) atoms. The van der Waals surface area contributed by atoms with E-state index in [-0.39, 0.29) is 46.8 Å². The van der Waals surface area contributed by atoms with Crippen LogP contribution in [0.2, 0.25) is 0 Å². The number of aryl methyl sites for hydroxylation is 12. The van der Waals surface area contributed by atoms with Gasteiger partial charge in [0.05, 0.1) is 51.2 Å². The Hall–Kier alpha value is -15.8. The van der Waals surface area contributed by atoms with Crippen LogP contribution in [0.1, 0.15) is 218 Å². The van der Waals surface area contributed by atoms with Gasteiger partial charge in [-0.05, 0) is 386 Å². The number of rotatable bonds is 12. The molecular formula is C132H111N11NiZn. The third-order valence-corrected chi connectivity index (χ3v) is 27.4. The van der Waals surface area contributed by atoms with E-state index in [0.29, 0.717) is 0 Å². The summed E-state index contributed by atoms with van der Waals surface area (Å²) < 4.78 is 0. The van der Waals surface area contributed by atoms with E-state index < -0.39 is 0 Å². The molecule has 0 atom stereocenters. The van der Waals surface area contributed by atoms with E-state index >= 15 is 0 Å². The molecule has 706 valence electrons. The minimum atomic E-state index is -0.219. The maximum absolute atomic E-state index is 5.95. The minimum absolute atomic E-state index is 0. The van der Waals surface area contributed by atoms with Gasteiger partial charge in [-0.1, -0.05) is 256 Å². The van der Waals surface area contributed by atoms with Crippen LogP contribution in [0.3, 0.4) is 0 Å². The van der Waals surface area contributed by atoms with Crippen LogP contribution in [-0.4, -0.2) is 38.0 Å². The molecular weight excluding hydrogens is 1860 g/mol. The van der Waals surface area contributed by atoms with E-state index in [1.165, 1.54) is 22.3 Å². The zero-order chi connectivity index (χ0) is 99.7. The van der Waals surface area contributed by atoms with Crippen molar-refractivity contribution in [1.82, 2.24) is 44.9 Å². The van der Waals surface area contributed by atoms with Crippen molar-refractivity contribution in [1.29, 1.82) is 0 Å². The van der Waals surface area contributed by atoms with Crippen molar-refractivity contribution in [2.45, 2.75) is 149 Å². The summed E-state index contributed by atoms with van der Waals surface area (Å²) in [7, 11) is 0. The van der Waals surface area contributed by atoms with E-state index in [1.54, 1.807) is 0 Å².